The van der Waals surface area contributed by atoms with Gasteiger partial charge in [0, 0.05) is 0 Å². The highest BCUT2D eigenvalue weighted by Crippen LogP contribution is 2.13. The van der Waals surface area contributed by atoms with Crippen LogP contribution in [-0.2, 0) is 4.79 Å². The van der Waals surface area contributed by atoms with Gasteiger partial charge in [0.15, 0.2) is 5.78 Å². The van der Waals surface area contributed by atoms with E-state index in [1.807, 2.05) is 6.08 Å². The smallest absolute Gasteiger partial charge is 0.152 e. The van der Waals surface area contributed by atoms with E-state index in [2.05, 4.69) is 6.92 Å². The van der Waals surface area contributed by atoms with Crippen LogP contribution in [0.5, 0.6) is 0 Å². The van der Waals surface area contributed by atoms with Gasteiger partial charge in [0.1, 0.15) is 0 Å². The number of ketones is 1. The van der Waals surface area contributed by atoms with Crippen molar-refractivity contribution in [1.82, 2.24) is 0 Å². The lowest BCUT2D eigenvalue weighted by molar-refractivity contribution is -0.112. The summed E-state index contributed by atoms with van der Waals surface area (Å²) >= 11 is 0. The SMILES string of the molecule is CCCCCCCCCCCCCCCC/C=C/C(C)=O. The molecular formula is C20H38O. The van der Waals surface area contributed by atoms with Gasteiger partial charge in [-0.15, -0.1) is 0 Å². The summed E-state index contributed by atoms with van der Waals surface area (Å²) in [5.41, 5.74) is 0. The summed E-state index contributed by atoms with van der Waals surface area (Å²) in [4.78, 5) is 10.7. The summed E-state index contributed by atoms with van der Waals surface area (Å²) in [6.07, 6.45) is 24.4. The molecule has 0 aliphatic heterocycles. The summed E-state index contributed by atoms with van der Waals surface area (Å²) in [6.45, 7) is 3.89. The summed E-state index contributed by atoms with van der Waals surface area (Å²) in [5, 5.41) is 0. The molecule has 1 heteroatoms. The fraction of sp³-hybridized carbons (Fsp3) is 0.850. The van der Waals surface area contributed by atoms with Crippen LogP contribution in [0.4, 0.5) is 0 Å². The Morgan fingerprint density at radius 1 is 0.667 bits per heavy atom. The Morgan fingerprint density at radius 3 is 1.43 bits per heavy atom. The van der Waals surface area contributed by atoms with Crippen LogP contribution in [0.3, 0.4) is 0 Å². The minimum Gasteiger partial charge on any atom is -0.295 e. The fourth-order valence-corrected chi connectivity index (χ4v) is 2.71. The molecule has 0 saturated heterocycles. The van der Waals surface area contributed by atoms with Gasteiger partial charge in [-0.05, 0) is 25.8 Å². The Hall–Kier alpha value is -0.590. The average molecular weight is 295 g/mol. The normalized spacial score (nSPS) is 11.3. The molecule has 0 aliphatic carbocycles. The van der Waals surface area contributed by atoms with Gasteiger partial charge in [-0.3, -0.25) is 4.79 Å². The Labute approximate surface area is 133 Å². The number of hydrogen-bond donors (Lipinski definition) is 0. The lowest BCUT2D eigenvalue weighted by atomic mass is 10.0. The van der Waals surface area contributed by atoms with Crippen molar-refractivity contribution in [2.45, 2.75) is 110 Å². The lowest BCUT2D eigenvalue weighted by Gasteiger charge is -2.02. The zero-order chi connectivity index (χ0) is 15.6. The van der Waals surface area contributed by atoms with Crippen LogP contribution >= 0.6 is 0 Å². The van der Waals surface area contributed by atoms with Crippen molar-refractivity contribution >= 4 is 5.78 Å². The molecule has 0 saturated carbocycles. The van der Waals surface area contributed by atoms with Crippen LogP contribution in [0, 0.1) is 0 Å². The van der Waals surface area contributed by atoms with Crippen LogP contribution in [0.15, 0.2) is 12.2 Å². The number of rotatable bonds is 16. The van der Waals surface area contributed by atoms with Gasteiger partial charge in [-0.1, -0.05) is 96.5 Å². The maximum absolute atomic E-state index is 10.7. The molecule has 124 valence electrons. The highest BCUT2D eigenvalue weighted by atomic mass is 16.1. The largest absolute Gasteiger partial charge is 0.295 e. The molecule has 0 heterocycles. The van der Waals surface area contributed by atoms with E-state index in [0.717, 1.165) is 6.42 Å². The van der Waals surface area contributed by atoms with Crippen molar-refractivity contribution in [3.63, 3.8) is 0 Å². The lowest BCUT2D eigenvalue weighted by Crippen LogP contribution is -1.83. The number of carbonyl (C=O) groups is 1. The van der Waals surface area contributed by atoms with E-state index >= 15 is 0 Å². The van der Waals surface area contributed by atoms with E-state index in [4.69, 9.17) is 0 Å². The molecule has 0 aliphatic rings. The Kier molecular flexibility index (Phi) is 17.0. The van der Waals surface area contributed by atoms with E-state index in [-0.39, 0.29) is 5.78 Å². The van der Waals surface area contributed by atoms with Crippen molar-refractivity contribution in [2.75, 3.05) is 0 Å². The molecule has 0 unspecified atom stereocenters. The van der Waals surface area contributed by atoms with Crippen LogP contribution < -0.4 is 0 Å². The third kappa shape index (κ3) is 19.4. The zero-order valence-corrected chi connectivity index (χ0v) is 14.7. The molecule has 0 aromatic carbocycles. The Bertz CT molecular complexity index is 242. The van der Waals surface area contributed by atoms with Gasteiger partial charge in [-0.2, -0.15) is 0 Å². The second-order valence-electron chi connectivity index (χ2n) is 6.40. The number of allylic oxidation sites excluding steroid dienone is 2. The molecule has 0 rings (SSSR count). The third-order valence-electron chi connectivity index (χ3n) is 4.08. The van der Waals surface area contributed by atoms with E-state index in [0.29, 0.717) is 0 Å². The zero-order valence-electron chi connectivity index (χ0n) is 14.7. The van der Waals surface area contributed by atoms with E-state index in [1.165, 1.54) is 89.9 Å². The number of unbranched alkanes of at least 4 members (excludes halogenated alkanes) is 14. The third-order valence-corrected chi connectivity index (χ3v) is 4.08. The second kappa shape index (κ2) is 17.5. The average Bonchev–Trinajstić information content (AvgIpc) is 2.46. The van der Waals surface area contributed by atoms with Crippen LogP contribution in [0.1, 0.15) is 110 Å². The Balaban J connectivity index is 3.01. The first-order valence-electron chi connectivity index (χ1n) is 9.44. The van der Waals surface area contributed by atoms with E-state index in [9.17, 15) is 4.79 Å². The van der Waals surface area contributed by atoms with Gasteiger partial charge in [0.05, 0.1) is 0 Å². The van der Waals surface area contributed by atoms with Gasteiger partial charge < -0.3 is 0 Å². The second-order valence-corrected chi connectivity index (χ2v) is 6.40. The summed E-state index contributed by atoms with van der Waals surface area (Å²) in [5.74, 6) is 0.167. The van der Waals surface area contributed by atoms with Crippen LogP contribution in [-0.4, -0.2) is 5.78 Å². The van der Waals surface area contributed by atoms with Crippen LogP contribution in [0.2, 0.25) is 0 Å². The molecule has 0 atom stereocenters. The summed E-state index contributed by atoms with van der Waals surface area (Å²) < 4.78 is 0. The molecule has 0 fully saturated rings. The minimum absolute atomic E-state index is 0.167. The van der Waals surface area contributed by atoms with Crippen LogP contribution in [0.25, 0.3) is 0 Å². The monoisotopic (exact) mass is 294 g/mol. The first-order valence-corrected chi connectivity index (χ1v) is 9.44. The highest BCUT2D eigenvalue weighted by Gasteiger charge is 1.93. The quantitative estimate of drug-likeness (QED) is 0.221. The van der Waals surface area contributed by atoms with E-state index in [1.54, 1.807) is 13.0 Å². The van der Waals surface area contributed by atoms with Gasteiger partial charge >= 0.3 is 0 Å². The van der Waals surface area contributed by atoms with Gasteiger partial charge in [0.2, 0.25) is 0 Å². The fourth-order valence-electron chi connectivity index (χ4n) is 2.71. The van der Waals surface area contributed by atoms with Crippen molar-refractivity contribution < 1.29 is 4.79 Å². The first-order chi connectivity index (χ1) is 10.3. The maximum Gasteiger partial charge on any atom is 0.152 e. The molecule has 0 amide bonds. The number of hydrogen-bond acceptors (Lipinski definition) is 1. The van der Waals surface area contributed by atoms with Gasteiger partial charge in [-0.25, -0.2) is 0 Å². The first kappa shape index (κ1) is 20.4. The molecule has 0 spiro atoms. The molecular weight excluding hydrogens is 256 g/mol. The van der Waals surface area contributed by atoms with Crippen molar-refractivity contribution in [3.05, 3.63) is 12.2 Å². The van der Waals surface area contributed by atoms with Crippen molar-refractivity contribution in [2.24, 2.45) is 0 Å². The standard InChI is InChI=1S/C20H38O/c1-3-4-5-6-7-8-9-10-11-12-13-14-15-16-17-18-19-20(2)21/h18-19H,3-17H2,1-2H3/b19-18+. The molecule has 0 bridgehead atoms. The molecule has 21 heavy (non-hydrogen) atoms. The Morgan fingerprint density at radius 2 is 1.05 bits per heavy atom. The predicted molar refractivity (Wildman–Crippen MR) is 94.8 cm³/mol. The van der Waals surface area contributed by atoms with Crippen molar-refractivity contribution in [1.29, 1.82) is 0 Å². The molecule has 0 N–H and O–H groups in total. The molecule has 0 radical (unpaired) electrons. The highest BCUT2D eigenvalue weighted by molar-refractivity contribution is 5.87. The maximum atomic E-state index is 10.7. The predicted octanol–water partition coefficient (Wildman–Crippen LogP) is 7.00. The molecule has 0 aromatic rings. The van der Waals surface area contributed by atoms with Gasteiger partial charge in [0.25, 0.3) is 0 Å². The minimum atomic E-state index is 0.167. The van der Waals surface area contributed by atoms with Crippen molar-refractivity contribution in [3.8, 4) is 0 Å². The van der Waals surface area contributed by atoms with E-state index < -0.39 is 0 Å². The topological polar surface area (TPSA) is 17.1 Å². The number of carbonyl (C=O) groups excluding carboxylic acids is 1. The molecule has 0 aromatic heterocycles. The summed E-state index contributed by atoms with van der Waals surface area (Å²) in [7, 11) is 0. The summed E-state index contributed by atoms with van der Waals surface area (Å²) in [6, 6.07) is 0. The molecule has 1 nitrogen and oxygen atoms in total.